The van der Waals surface area contributed by atoms with Gasteiger partial charge in [0.1, 0.15) is 11.9 Å². The molecule has 16 heavy (non-hydrogen) atoms. The van der Waals surface area contributed by atoms with E-state index in [0.717, 1.165) is 12.8 Å². The lowest BCUT2D eigenvalue weighted by Gasteiger charge is -2.13. The van der Waals surface area contributed by atoms with E-state index in [2.05, 4.69) is 4.98 Å². The monoisotopic (exact) mass is 223 g/mol. The minimum absolute atomic E-state index is 0.0287. The number of pyridine rings is 1. The second-order valence-electron chi connectivity index (χ2n) is 3.89. The van der Waals surface area contributed by atoms with Crippen molar-refractivity contribution in [3.05, 3.63) is 24.0 Å². The van der Waals surface area contributed by atoms with E-state index in [1.807, 2.05) is 0 Å². The molecule has 1 fully saturated rings. The van der Waals surface area contributed by atoms with Crippen molar-refractivity contribution in [2.24, 2.45) is 0 Å². The smallest absolute Gasteiger partial charge is 0.354 e. The zero-order chi connectivity index (χ0) is 11.5. The summed E-state index contributed by atoms with van der Waals surface area (Å²) >= 11 is 0. The number of hydrogen-bond acceptors (Lipinski definition) is 4. The third-order valence-electron chi connectivity index (χ3n) is 2.61. The third kappa shape index (κ3) is 2.49. The van der Waals surface area contributed by atoms with E-state index < -0.39 is 5.97 Å². The van der Waals surface area contributed by atoms with Crippen molar-refractivity contribution in [3.63, 3.8) is 0 Å². The zero-order valence-corrected chi connectivity index (χ0v) is 8.67. The Morgan fingerprint density at radius 2 is 2.31 bits per heavy atom. The van der Waals surface area contributed by atoms with Crippen LogP contribution in [-0.4, -0.2) is 33.4 Å². The van der Waals surface area contributed by atoms with Crippen molar-refractivity contribution in [1.29, 1.82) is 0 Å². The van der Waals surface area contributed by atoms with Crippen LogP contribution < -0.4 is 4.74 Å². The lowest BCUT2D eigenvalue weighted by atomic mass is 10.3. The molecule has 5 heteroatoms. The minimum Gasteiger partial charge on any atom is -0.490 e. The van der Waals surface area contributed by atoms with Gasteiger partial charge >= 0.3 is 5.97 Å². The number of hydrogen-bond donors (Lipinski definition) is 2. The molecule has 1 aromatic heterocycles. The van der Waals surface area contributed by atoms with Gasteiger partial charge in [0.2, 0.25) is 0 Å². The van der Waals surface area contributed by atoms with E-state index >= 15 is 0 Å². The van der Waals surface area contributed by atoms with Crippen LogP contribution in [0.15, 0.2) is 18.3 Å². The van der Waals surface area contributed by atoms with Gasteiger partial charge in [0.05, 0.1) is 6.10 Å². The molecule has 0 aliphatic heterocycles. The van der Waals surface area contributed by atoms with Gasteiger partial charge in [0, 0.05) is 18.7 Å². The number of rotatable bonds is 3. The summed E-state index contributed by atoms with van der Waals surface area (Å²) in [6, 6.07) is 3.02. The summed E-state index contributed by atoms with van der Waals surface area (Å²) in [6.45, 7) is 0. The van der Waals surface area contributed by atoms with Crippen LogP contribution >= 0.6 is 0 Å². The summed E-state index contributed by atoms with van der Waals surface area (Å²) in [5, 5.41) is 18.1. The maximum atomic E-state index is 10.7. The Labute approximate surface area is 92.7 Å². The van der Waals surface area contributed by atoms with Crippen LogP contribution in [0.3, 0.4) is 0 Å². The number of aliphatic hydroxyl groups excluding tert-OH is 1. The number of nitrogens with zero attached hydrogens (tertiary/aromatic N) is 1. The van der Waals surface area contributed by atoms with Crippen molar-refractivity contribution in [2.75, 3.05) is 0 Å². The summed E-state index contributed by atoms with van der Waals surface area (Å²) in [5.41, 5.74) is -0.0314. The second kappa shape index (κ2) is 4.49. The summed E-state index contributed by atoms with van der Waals surface area (Å²) in [6.07, 6.45) is 3.22. The summed E-state index contributed by atoms with van der Waals surface area (Å²) in [5.74, 6) is -0.580. The molecule has 0 unspecified atom stereocenters. The normalized spacial score (nSPS) is 24.3. The molecule has 0 aromatic carbocycles. The SMILES string of the molecule is O=C(O)c1cc(O[C@H]2CC[C@@H](O)C2)ccn1. The maximum Gasteiger partial charge on any atom is 0.354 e. The summed E-state index contributed by atoms with van der Waals surface area (Å²) in [4.78, 5) is 14.4. The van der Waals surface area contributed by atoms with Gasteiger partial charge < -0.3 is 14.9 Å². The molecule has 0 saturated heterocycles. The quantitative estimate of drug-likeness (QED) is 0.801. The van der Waals surface area contributed by atoms with E-state index in [1.165, 1.54) is 12.3 Å². The van der Waals surface area contributed by atoms with Gasteiger partial charge in [0.15, 0.2) is 5.69 Å². The average Bonchev–Trinajstić information content (AvgIpc) is 2.64. The molecular formula is C11H13NO4. The van der Waals surface area contributed by atoms with E-state index in [4.69, 9.17) is 9.84 Å². The number of carboxylic acids is 1. The molecule has 2 N–H and O–H groups in total. The van der Waals surface area contributed by atoms with Crippen LogP contribution in [0.4, 0.5) is 0 Å². The number of carbonyl (C=O) groups is 1. The molecule has 1 aliphatic rings. The fourth-order valence-electron chi connectivity index (χ4n) is 1.82. The number of ether oxygens (including phenoxy) is 1. The third-order valence-corrected chi connectivity index (χ3v) is 2.61. The van der Waals surface area contributed by atoms with E-state index in [1.54, 1.807) is 6.07 Å². The van der Waals surface area contributed by atoms with Crippen LogP contribution in [0.5, 0.6) is 5.75 Å². The number of aromatic nitrogens is 1. The minimum atomic E-state index is -1.07. The van der Waals surface area contributed by atoms with Crippen molar-refractivity contribution in [1.82, 2.24) is 4.98 Å². The molecule has 5 nitrogen and oxygen atoms in total. The van der Waals surface area contributed by atoms with Crippen molar-refractivity contribution in [3.8, 4) is 5.75 Å². The fraction of sp³-hybridized carbons (Fsp3) is 0.455. The molecule has 0 bridgehead atoms. The van der Waals surface area contributed by atoms with Crippen molar-refractivity contribution >= 4 is 5.97 Å². The van der Waals surface area contributed by atoms with Crippen molar-refractivity contribution in [2.45, 2.75) is 31.5 Å². The van der Waals surface area contributed by atoms with Crippen molar-refractivity contribution < 1.29 is 19.7 Å². The van der Waals surface area contributed by atoms with Gasteiger partial charge in [-0.15, -0.1) is 0 Å². The lowest BCUT2D eigenvalue weighted by molar-refractivity contribution is 0.0689. The standard InChI is InChI=1S/C11H13NO4/c13-7-1-2-8(5-7)16-9-3-4-12-10(6-9)11(14)15/h3-4,6-8,13H,1-2,5H2,(H,14,15)/t7-,8+/m1/s1. The Hall–Kier alpha value is -1.62. The predicted molar refractivity (Wildman–Crippen MR) is 55.5 cm³/mol. The highest BCUT2D eigenvalue weighted by molar-refractivity contribution is 5.85. The molecule has 1 aliphatic carbocycles. The molecule has 0 radical (unpaired) electrons. The van der Waals surface area contributed by atoms with E-state index in [0.29, 0.717) is 12.2 Å². The molecule has 2 rings (SSSR count). The van der Waals surface area contributed by atoms with Gasteiger partial charge in [-0.3, -0.25) is 0 Å². The highest BCUT2D eigenvalue weighted by Crippen LogP contribution is 2.24. The molecule has 1 heterocycles. The van der Waals surface area contributed by atoms with Crippen LogP contribution in [0, 0.1) is 0 Å². The van der Waals surface area contributed by atoms with Gasteiger partial charge in [-0.1, -0.05) is 0 Å². The molecule has 1 aromatic rings. The first-order valence-electron chi connectivity index (χ1n) is 5.19. The largest absolute Gasteiger partial charge is 0.490 e. The first-order chi connectivity index (χ1) is 7.65. The van der Waals surface area contributed by atoms with Crippen LogP contribution in [0.1, 0.15) is 29.8 Å². The van der Waals surface area contributed by atoms with Gasteiger partial charge in [-0.25, -0.2) is 9.78 Å². The highest BCUT2D eigenvalue weighted by Gasteiger charge is 2.24. The second-order valence-corrected chi connectivity index (χ2v) is 3.89. The topological polar surface area (TPSA) is 79.7 Å². The van der Waals surface area contributed by atoms with E-state index in [9.17, 15) is 9.90 Å². The molecule has 1 saturated carbocycles. The highest BCUT2D eigenvalue weighted by atomic mass is 16.5. The number of carboxylic acid groups (broad SMARTS) is 1. The van der Waals surface area contributed by atoms with Gasteiger partial charge in [0.25, 0.3) is 0 Å². The average molecular weight is 223 g/mol. The molecule has 86 valence electrons. The maximum absolute atomic E-state index is 10.7. The predicted octanol–water partition coefficient (Wildman–Crippen LogP) is 1.07. The first kappa shape index (κ1) is 10.9. The molecule has 0 spiro atoms. The molecule has 2 atom stereocenters. The van der Waals surface area contributed by atoms with Gasteiger partial charge in [-0.05, 0) is 18.9 Å². The Morgan fingerprint density at radius 3 is 2.94 bits per heavy atom. The number of aromatic carboxylic acids is 1. The van der Waals surface area contributed by atoms with E-state index in [-0.39, 0.29) is 17.9 Å². The Bertz CT molecular complexity index is 393. The van der Waals surface area contributed by atoms with Gasteiger partial charge in [-0.2, -0.15) is 0 Å². The Kier molecular flexibility index (Phi) is 3.05. The fourth-order valence-corrected chi connectivity index (χ4v) is 1.82. The molecular weight excluding hydrogens is 210 g/mol. The van der Waals surface area contributed by atoms with Crippen LogP contribution in [-0.2, 0) is 0 Å². The molecule has 0 amide bonds. The summed E-state index contributed by atoms with van der Waals surface area (Å²) < 4.78 is 5.57. The Morgan fingerprint density at radius 1 is 1.50 bits per heavy atom. The zero-order valence-electron chi connectivity index (χ0n) is 8.67. The Balaban J connectivity index is 2.04. The lowest BCUT2D eigenvalue weighted by Crippen LogP contribution is -2.14. The first-order valence-corrected chi connectivity index (χ1v) is 5.19. The summed E-state index contributed by atoms with van der Waals surface area (Å²) in [7, 11) is 0. The van der Waals surface area contributed by atoms with Crippen LogP contribution in [0.25, 0.3) is 0 Å². The number of aliphatic hydroxyl groups is 1. The van der Waals surface area contributed by atoms with Crippen LogP contribution in [0.2, 0.25) is 0 Å².